The lowest BCUT2D eigenvalue weighted by Crippen LogP contribution is -2.34. The number of nitrogens with zero attached hydrogens (tertiary/aromatic N) is 1. The maximum Gasteiger partial charge on any atom is 0.184 e. The standard InChI is InChI=1S/C28H37NO2/c1-3-4-5-6-7-8-9-10-11-27-21-30-28(31-22(27)2)26-18-16-25(17-19-26)24-14-12-23(20-29)13-15-24/h12-19,22,27-28H,3-11,21H2,1-2H3. The van der Waals surface area contributed by atoms with E-state index in [4.69, 9.17) is 14.7 Å². The molecule has 31 heavy (non-hydrogen) atoms. The van der Waals surface area contributed by atoms with Crippen LogP contribution in [0.3, 0.4) is 0 Å². The first-order chi connectivity index (χ1) is 15.2. The van der Waals surface area contributed by atoms with Crippen LogP contribution in [0.1, 0.15) is 89.1 Å². The SMILES string of the molecule is CCCCCCCCCCC1COC(c2ccc(-c3ccc(C#N)cc3)cc2)OC1C. The highest BCUT2D eigenvalue weighted by Crippen LogP contribution is 2.32. The van der Waals surface area contributed by atoms with Gasteiger partial charge in [0, 0.05) is 11.5 Å². The molecule has 3 nitrogen and oxygen atoms in total. The minimum absolute atomic E-state index is 0.224. The third-order valence-electron chi connectivity index (χ3n) is 6.42. The lowest BCUT2D eigenvalue weighted by Gasteiger charge is -2.35. The van der Waals surface area contributed by atoms with E-state index < -0.39 is 0 Å². The first-order valence-electron chi connectivity index (χ1n) is 12.1. The van der Waals surface area contributed by atoms with Crippen LogP contribution >= 0.6 is 0 Å². The maximum absolute atomic E-state index is 8.95. The van der Waals surface area contributed by atoms with Gasteiger partial charge < -0.3 is 9.47 Å². The first kappa shape index (κ1) is 23.5. The van der Waals surface area contributed by atoms with Crippen molar-refractivity contribution in [2.45, 2.75) is 84.0 Å². The molecule has 1 aliphatic heterocycles. The number of unbranched alkanes of at least 4 members (excludes halogenated alkanes) is 7. The molecule has 0 spiro atoms. The van der Waals surface area contributed by atoms with E-state index in [2.05, 4.69) is 44.2 Å². The zero-order chi connectivity index (χ0) is 21.9. The van der Waals surface area contributed by atoms with Gasteiger partial charge in [0.2, 0.25) is 0 Å². The zero-order valence-corrected chi connectivity index (χ0v) is 19.2. The lowest BCUT2D eigenvalue weighted by atomic mass is 9.95. The van der Waals surface area contributed by atoms with Gasteiger partial charge in [-0.15, -0.1) is 0 Å². The van der Waals surface area contributed by atoms with Crippen LogP contribution in [0.4, 0.5) is 0 Å². The topological polar surface area (TPSA) is 42.2 Å². The highest BCUT2D eigenvalue weighted by Gasteiger charge is 2.29. The van der Waals surface area contributed by atoms with E-state index in [1.54, 1.807) is 0 Å². The van der Waals surface area contributed by atoms with E-state index >= 15 is 0 Å². The zero-order valence-electron chi connectivity index (χ0n) is 19.2. The Morgan fingerprint density at radius 1 is 0.839 bits per heavy atom. The van der Waals surface area contributed by atoms with Crippen molar-refractivity contribution in [1.29, 1.82) is 5.26 Å². The maximum atomic E-state index is 8.95. The van der Waals surface area contributed by atoms with E-state index in [9.17, 15) is 0 Å². The highest BCUT2D eigenvalue weighted by atomic mass is 16.7. The van der Waals surface area contributed by atoms with Crippen LogP contribution in [0.15, 0.2) is 48.5 Å². The van der Waals surface area contributed by atoms with Gasteiger partial charge in [-0.2, -0.15) is 5.26 Å². The number of ether oxygens (including phenoxy) is 2. The number of nitriles is 1. The molecule has 3 atom stereocenters. The van der Waals surface area contributed by atoms with Gasteiger partial charge in [-0.25, -0.2) is 0 Å². The molecule has 0 amide bonds. The minimum atomic E-state index is -0.278. The van der Waals surface area contributed by atoms with Crippen molar-refractivity contribution < 1.29 is 9.47 Å². The molecule has 3 rings (SSSR count). The van der Waals surface area contributed by atoms with Crippen LogP contribution < -0.4 is 0 Å². The molecule has 0 bridgehead atoms. The highest BCUT2D eigenvalue weighted by molar-refractivity contribution is 5.64. The molecule has 166 valence electrons. The van der Waals surface area contributed by atoms with E-state index in [1.165, 1.54) is 57.8 Å². The molecule has 2 aromatic carbocycles. The number of hydrogen-bond acceptors (Lipinski definition) is 3. The first-order valence-corrected chi connectivity index (χ1v) is 12.1. The molecule has 0 radical (unpaired) electrons. The normalized spacial score (nSPS) is 21.0. The smallest absolute Gasteiger partial charge is 0.184 e. The monoisotopic (exact) mass is 419 g/mol. The van der Waals surface area contributed by atoms with Crippen molar-refractivity contribution in [2.75, 3.05) is 6.61 Å². The Labute approximate surface area is 188 Å². The predicted molar refractivity (Wildman–Crippen MR) is 127 cm³/mol. The summed E-state index contributed by atoms with van der Waals surface area (Å²) < 4.78 is 12.3. The second kappa shape index (κ2) is 12.6. The Bertz CT molecular complexity index is 806. The Hall–Kier alpha value is -2.15. The quantitative estimate of drug-likeness (QED) is 0.349. The van der Waals surface area contributed by atoms with E-state index in [0.29, 0.717) is 11.5 Å². The Morgan fingerprint density at radius 2 is 1.42 bits per heavy atom. The largest absolute Gasteiger partial charge is 0.348 e. The fourth-order valence-electron chi connectivity index (χ4n) is 4.30. The van der Waals surface area contributed by atoms with Crippen LogP contribution in [0, 0.1) is 17.2 Å². The van der Waals surface area contributed by atoms with Crippen LogP contribution in [-0.2, 0) is 9.47 Å². The van der Waals surface area contributed by atoms with Crippen molar-refractivity contribution in [1.82, 2.24) is 0 Å². The van der Waals surface area contributed by atoms with Crippen LogP contribution in [0.25, 0.3) is 11.1 Å². The van der Waals surface area contributed by atoms with Crippen molar-refractivity contribution in [3.05, 3.63) is 59.7 Å². The Kier molecular flexibility index (Phi) is 9.59. The van der Waals surface area contributed by atoms with Crippen molar-refractivity contribution in [3.63, 3.8) is 0 Å². The molecule has 0 aromatic heterocycles. The minimum Gasteiger partial charge on any atom is -0.348 e. The summed E-state index contributed by atoms with van der Waals surface area (Å²) in [4.78, 5) is 0. The van der Waals surface area contributed by atoms with Crippen LogP contribution in [0.5, 0.6) is 0 Å². The van der Waals surface area contributed by atoms with Gasteiger partial charge in [0.1, 0.15) is 0 Å². The molecular formula is C28H37NO2. The van der Waals surface area contributed by atoms with E-state index in [1.807, 2.05) is 24.3 Å². The van der Waals surface area contributed by atoms with Crippen molar-refractivity contribution in [3.8, 4) is 17.2 Å². The second-order valence-corrected chi connectivity index (χ2v) is 8.84. The van der Waals surface area contributed by atoms with Gasteiger partial charge in [0.25, 0.3) is 0 Å². The summed E-state index contributed by atoms with van der Waals surface area (Å²) in [5.41, 5.74) is 3.98. The summed E-state index contributed by atoms with van der Waals surface area (Å²) in [7, 11) is 0. The van der Waals surface area contributed by atoms with Gasteiger partial charge in [0.15, 0.2) is 6.29 Å². The fraction of sp³-hybridized carbons (Fsp3) is 0.536. The number of benzene rings is 2. The molecule has 0 saturated carbocycles. The van der Waals surface area contributed by atoms with Crippen molar-refractivity contribution >= 4 is 0 Å². The van der Waals surface area contributed by atoms with Crippen LogP contribution in [0.2, 0.25) is 0 Å². The molecule has 0 N–H and O–H groups in total. The molecule has 3 heteroatoms. The summed E-state index contributed by atoms with van der Waals surface area (Å²) in [5, 5.41) is 8.95. The molecule has 3 unspecified atom stereocenters. The summed E-state index contributed by atoms with van der Waals surface area (Å²) in [6, 6.07) is 18.2. The Morgan fingerprint density at radius 3 is 2.00 bits per heavy atom. The average Bonchev–Trinajstić information content (AvgIpc) is 2.82. The predicted octanol–water partition coefficient (Wildman–Crippen LogP) is 7.81. The summed E-state index contributed by atoms with van der Waals surface area (Å²) in [6.45, 7) is 5.24. The summed E-state index contributed by atoms with van der Waals surface area (Å²) in [5.74, 6) is 0.495. The third-order valence-corrected chi connectivity index (χ3v) is 6.42. The Balaban J connectivity index is 1.41. The van der Waals surface area contributed by atoms with Gasteiger partial charge >= 0.3 is 0 Å². The molecule has 0 aliphatic carbocycles. The molecular weight excluding hydrogens is 382 g/mol. The molecule has 1 aliphatic rings. The molecule has 1 fully saturated rings. The number of hydrogen-bond donors (Lipinski definition) is 0. The van der Waals surface area contributed by atoms with Gasteiger partial charge in [-0.1, -0.05) is 94.7 Å². The average molecular weight is 420 g/mol. The third kappa shape index (κ3) is 7.20. The van der Waals surface area contributed by atoms with Crippen LogP contribution in [-0.4, -0.2) is 12.7 Å². The fourth-order valence-corrected chi connectivity index (χ4v) is 4.30. The van der Waals surface area contributed by atoms with E-state index in [0.717, 1.165) is 23.3 Å². The molecule has 2 aromatic rings. The second-order valence-electron chi connectivity index (χ2n) is 8.84. The lowest BCUT2D eigenvalue weighted by molar-refractivity contribution is -0.237. The molecule has 1 heterocycles. The van der Waals surface area contributed by atoms with Gasteiger partial charge in [-0.05, 0) is 36.6 Å². The molecule has 1 saturated heterocycles. The van der Waals surface area contributed by atoms with E-state index in [-0.39, 0.29) is 12.4 Å². The number of rotatable bonds is 11. The van der Waals surface area contributed by atoms with Gasteiger partial charge in [-0.3, -0.25) is 0 Å². The summed E-state index contributed by atoms with van der Waals surface area (Å²) in [6.07, 6.45) is 12.0. The van der Waals surface area contributed by atoms with Crippen molar-refractivity contribution in [2.24, 2.45) is 5.92 Å². The summed E-state index contributed by atoms with van der Waals surface area (Å²) >= 11 is 0. The van der Waals surface area contributed by atoms with Gasteiger partial charge in [0.05, 0.1) is 24.3 Å².